The average molecular weight is 347 g/mol. The number of amides is 2. The van der Waals surface area contributed by atoms with Gasteiger partial charge in [-0.2, -0.15) is 0 Å². The van der Waals surface area contributed by atoms with Crippen molar-refractivity contribution < 1.29 is 9.59 Å². The lowest BCUT2D eigenvalue weighted by Crippen LogP contribution is -2.41. The standard InChI is InChI=1S/C16H15BrN2O2/c1-10-5-3-4-6-13(10)16(21)19-18-15(20)12-8-7-11(2)14(17)9-12/h3-9H,1-2H3,(H,18,20)(H,19,21). The molecule has 2 aromatic carbocycles. The van der Waals surface area contributed by atoms with E-state index in [1.165, 1.54) is 0 Å². The molecule has 2 N–H and O–H groups in total. The highest BCUT2D eigenvalue weighted by Crippen LogP contribution is 2.17. The summed E-state index contributed by atoms with van der Waals surface area (Å²) in [7, 11) is 0. The minimum atomic E-state index is -0.363. The Labute approximate surface area is 131 Å². The van der Waals surface area contributed by atoms with E-state index in [1.807, 2.05) is 32.0 Å². The Hall–Kier alpha value is -2.14. The zero-order chi connectivity index (χ0) is 15.4. The van der Waals surface area contributed by atoms with Crippen LogP contribution in [-0.2, 0) is 0 Å². The fraction of sp³-hybridized carbons (Fsp3) is 0.125. The van der Waals surface area contributed by atoms with Crippen LogP contribution in [0.5, 0.6) is 0 Å². The predicted molar refractivity (Wildman–Crippen MR) is 85.0 cm³/mol. The highest BCUT2D eigenvalue weighted by Gasteiger charge is 2.11. The van der Waals surface area contributed by atoms with Crippen LogP contribution in [0, 0.1) is 13.8 Å². The van der Waals surface area contributed by atoms with Crippen LogP contribution in [0.15, 0.2) is 46.9 Å². The van der Waals surface area contributed by atoms with Gasteiger partial charge in [0, 0.05) is 15.6 Å². The second-order valence-electron chi connectivity index (χ2n) is 4.69. The zero-order valence-corrected chi connectivity index (χ0v) is 13.3. The lowest BCUT2D eigenvalue weighted by Gasteiger charge is -2.09. The summed E-state index contributed by atoms with van der Waals surface area (Å²) in [5, 5.41) is 0. The van der Waals surface area contributed by atoms with Crippen LogP contribution >= 0.6 is 15.9 Å². The summed E-state index contributed by atoms with van der Waals surface area (Å²) in [6, 6.07) is 12.4. The molecule has 0 aliphatic rings. The fourth-order valence-corrected chi connectivity index (χ4v) is 2.19. The van der Waals surface area contributed by atoms with Crippen molar-refractivity contribution in [1.29, 1.82) is 0 Å². The first kappa shape index (κ1) is 15.3. The lowest BCUT2D eigenvalue weighted by atomic mass is 10.1. The molecule has 0 spiro atoms. The summed E-state index contributed by atoms with van der Waals surface area (Å²) in [6.07, 6.45) is 0. The highest BCUT2D eigenvalue weighted by atomic mass is 79.9. The first-order valence-corrected chi connectivity index (χ1v) is 7.21. The molecule has 0 heterocycles. The van der Waals surface area contributed by atoms with Gasteiger partial charge >= 0.3 is 0 Å². The number of hydrazine groups is 1. The molecule has 5 heteroatoms. The van der Waals surface area contributed by atoms with Crippen molar-refractivity contribution >= 4 is 27.7 Å². The molecular formula is C16H15BrN2O2. The average Bonchev–Trinajstić information content (AvgIpc) is 2.47. The van der Waals surface area contributed by atoms with Crippen LogP contribution in [0.4, 0.5) is 0 Å². The summed E-state index contributed by atoms with van der Waals surface area (Å²) in [5.74, 6) is -0.703. The Bertz CT molecular complexity index is 698. The molecule has 0 aliphatic heterocycles. The number of benzene rings is 2. The van der Waals surface area contributed by atoms with Crippen molar-refractivity contribution in [2.75, 3.05) is 0 Å². The summed E-state index contributed by atoms with van der Waals surface area (Å²) in [5.41, 5.74) is 7.72. The van der Waals surface area contributed by atoms with Crippen molar-refractivity contribution in [2.24, 2.45) is 0 Å². The van der Waals surface area contributed by atoms with Crippen LogP contribution < -0.4 is 10.9 Å². The summed E-state index contributed by atoms with van der Waals surface area (Å²) in [6.45, 7) is 3.78. The molecule has 108 valence electrons. The van der Waals surface area contributed by atoms with E-state index in [-0.39, 0.29) is 11.8 Å². The molecule has 21 heavy (non-hydrogen) atoms. The van der Waals surface area contributed by atoms with Gasteiger partial charge in [0.15, 0.2) is 0 Å². The van der Waals surface area contributed by atoms with Gasteiger partial charge < -0.3 is 0 Å². The number of carbonyl (C=O) groups excluding carboxylic acids is 2. The van der Waals surface area contributed by atoms with Crippen molar-refractivity contribution in [3.05, 3.63) is 69.2 Å². The molecule has 0 saturated heterocycles. The van der Waals surface area contributed by atoms with Gasteiger partial charge in [-0.3, -0.25) is 20.4 Å². The fourth-order valence-electron chi connectivity index (χ4n) is 1.81. The molecule has 2 aromatic rings. The number of carbonyl (C=O) groups is 2. The monoisotopic (exact) mass is 346 g/mol. The van der Waals surface area contributed by atoms with E-state index in [2.05, 4.69) is 26.8 Å². The maximum Gasteiger partial charge on any atom is 0.269 e. The van der Waals surface area contributed by atoms with E-state index < -0.39 is 0 Å². The van der Waals surface area contributed by atoms with Gasteiger partial charge in [0.1, 0.15) is 0 Å². The number of nitrogens with one attached hydrogen (secondary N) is 2. The number of hydrogen-bond acceptors (Lipinski definition) is 2. The molecular weight excluding hydrogens is 332 g/mol. The van der Waals surface area contributed by atoms with Crippen LogP contribution in [-0.4, -0.2) is 11.8 Å². The van der Waals surface area contributed by atoms with Gasteiger partial charge in [0.25, 0.3) is 11.8 Å². The minimum absolute atomic E-state index is 0.340. The molecule has 4 nitrogen and oxygen atoms in total. The SMILES string of the molecule is Cc1ccc(C(=O)NNC(=O)c2ccccc2C)cc1Br. The molecule has 2 amide bonds. The molecule has 0 fully saturated rings. The van der Waals surface area contributed by atoms with Crippen LogP contribution in [0.3, 0.4) is 0 Å². The van der Waals surface area contributed by atoms with Crippen LogP contribution in [0.25, 0.3) is 0 Å². The van der Waals surface area contributed by atoms with Crippen LogP contribution in [0.1, 0.15) is 31.8 Å². The van der Waals surface area contributed by atoms with E-state index in [1.54, 1.807) is 24.3 Å². The molecule has 0 saturated carbocycles. The third kappa shape index (κ3) is 3.70. The summed E-state index contributed by atoms with van der Waals surface area (Å²) < 4.78 is 0.848. The van der Waals surface area contributed by atoms with E-state index in [4.69, 9.17) is 0 Å². The molecule has 0 bridgehead atoms. The Morgan fingerprint density at radius 1 is 0.905 bits per heavy atom. The van der Waals surface area contributed by atoms with Crippen molar-refractivity contribution in [1.82, 2.24) is 10.9 Å². The molecule has 0 radical (unpaired) electrons. The lowest BCUT2D eigenvalue weighted by molar-refractivity contribution is 0.0846. The molecule has 0 unspecified atom stereocenters. The second kappa shape index (κ2) is 6.54. The van der Waals surface area contributed by atoms with Gasteiger partial charge in [0.2, 0.25) is 0 Å². The minimum Gasteiger partial charge on any atom is -0.267 e. The largest absolute Gasteiger partial charge is 0.269 e. The number of hydrogen-bond donors (Lipinski definition) is 2. The second-order valence-corrected chi connectivity index (χ2v) is 5.54. The number of halogens is 1. The van der Waals surface area contributed by atoms with E-state index in [9.17, 15) is 9.59 Å². The molecule has 0 atom stereocenters. The molecule has 0 aromatic heterocycles. The Morgan fingerprint density at radius 3 is 2.24 bits per heavy atom. The van der Waals surface area contributed by atoms with Crippen molar-refractivity contribution in [3.8, 4) is 0 Å². The number of aryl methyl sites for hydroxylation is 2. The quantitative estimate of drug-likeness (QED) is 0.820. The third-order valence-electron chi connectivity index (χ3n) is 3.11. The van der Waals surface area contributed by atoms with Gasteiger partial charge in [-0.1, -0.05) is 40.2 Å². The van der Waals surface area contributed by atoms with E-state index in [0.29, 0.717) is 11.1 Å². The smallest absolute Gasteiger partial charge is 0.267 e. The molecule has 2 rings (SSSR count). The van der Waals surface area contributed by atoms with Gasteiger partial charge in [-0.25, -0.2) is 0 Å². The Balaban J connectivity index is 2.02. The van der Waals surface area contributed by atoms with E-state index >= 15 is 0 Å². The maximum absolute atomic E-state index is 12.0. The molecule has 0 aliphatic carbocycles. The first-order chi connectivity index (χ1) is 9.99. The zero-order valence-electron chi connectivity index (χ0n) is 11.7. The third-order valence-corrected chi connectivity index (χ3v) is 3.97. The number of rotatable bonds is 2. The highest BCUT2D eigenvalue weighted by molar-refractivity contribution is 9.10. The van der Waals surface area contributed by atoms with E-state index in [0.717, 1.165) is 15.6 Å². The Kier molecular flexibility index (Phi) is 4.75. The maximum atomic E-state index is 12.0. The van der Waals surface area contributed by atoms with Gasteiger partial charge in [0.05, 0.1) is 0 Å². The first-order valence-electron chi connectivity index (χ1n) is 6.41. The topological polar surface area (TPSA) is 58.2 Å². The predicted octanol–water partition coefficient (Wildman–Crippen LogP) is 3.14. The van der Waals surface area contributed by atoms with Crippen molar-refractivity contribution in [2.45, 2.75) is 13.8 Å². The Morgan fingerprint density at radius 2 is 1.57 bits per heavy atom. The van der Waals surface area contributed by atoms with Crippen molar-refractivity contribution in [3.63, 3.8) is 0 Å². The van der Waals surface area contributed by atoms with Gasteiger partial charge in [-0.15, -0.1) is 0 Å². The normalized spacial score (nSPS) is 10.0. The van der Waals surface area contributed by atoms with Crippen LogP contribution in [0.2, 0.25) is 0 Å². The summed E-state index contributed by atoms with van der Waals surface area (Å²) in [4.78, 5) is 24.0. The summed E-state index contributed by atoms with van der Waals surface area (Å²) >= 11 is 3.37. The van der Waals surface area contributed by atoms with Gasteiger partial charge in [-0.05, 0) is 43.2 Å².